The van der Waals surface area contributed by atoms with Crippen LogP contribution in [-0.2, 0) is 22.7 Å². The molecule has 9 nitrogen and oxygen atoms in total. The van der Waals surface area contributed by atoms with Gasteiger partial charge in [-0.2, -0.15) is 0 Å². The molecule has 2 aromatic rings. The maximum Gasteiger partial charge on any atom is 0.255 e. The number of nitrogens with one attached hydrogen (secondary N) is 2. The molecule has 4 rings (SSSR count). The van der Waals surface area contributed by atoms with Gasteiger partial charge < -0.3 is 10.2 Å². The number of aromatic nitrogens is 3. The van der Waals surface area contributed by atoms with Crippen LogP contribution < -0.4 is 10.6 Å². The zero-order valence-electron chi connectivity index (χ0n) is 14.6. The first-order valence-corrected chi connectivity index (χ1v) is 8.41. The summed E-state index contributed by atoms with van der Waals surface area (Å²) in [5.74, 6) is -0.913. The van der Waals surface area contributed by atoms with Gasteiger partial charge in [0, 0.05) is 30.6 Å². The van der Waals surface area contributed by atoms with E-state index >= 15 is 0 Å². The number of hydrogen-bond donors (Lipinski definition) is 2. The number of fused-ring (bicyclic) bond motifs is 1. The molecule has 10 heteroatoms. The number of hydrogen-bond acceptors (Lipinski definition) is 6. The van der Waals surface area contributed by atoms with Crippen molar-refractivity contribution in [1.82, 2.24) is 30.5 Å². The van der Waals surface area contributed by atoms with Gasteiger partial charge in [-0.15, -0.1) is 17.5 Å². The molecule has 1 saturated heterocycles. The van der Waals surface area contributed by atoms with Crippen LogP contribution in [0.3, 0.4) is 0 Å². The second-order valence-electron chi connectivity index (χ2n) is 6.39. The molecule has 1 fully saturated rings. The van der Waals surface area contributed by atoms with Gasteiger partial charge in [-0.1, -0.05) is 11.3 Å². The van der Waals surface area contributed by atoms with Crippen LogP contribution in [0.25, 0.3) is 5.69 Å². The van der Waals surface area contributed by atoms with Crippen molar-refractivity contribution in [2.24, 2.45) is 0 Å². The number of carbonyl (C=O) groups is 3. The molecule has 1 unspecified atom stereocenters. The first-order chi connectivity index (χ1) is 12.6. The van der Waals surface area contributed by atoms with Crippen molar-refractivity contribution in [2.75, 3.05) is 7.05 Å². The highest BCUT2D eigenvalue weighted by Crippen LogP contribution is 2.31. The Labute approximate surface area is 161 Å². The zero-order valence-corrected chi connectivity index (χ0v) is 15.5. The Balaban J connectivity index is 0.00000210. The SMILES string of the molecule is CNCc1cn(-c2cccc3c2CN(C2CCC(=O)NC2=O)C3=O)nn1.Cl. The fourth-order valence-corrected chi connectivity index (χ4v) is 3.46. The van der Waals surface area contributed by atoms with Gasteiger partial charge in [0.2, 0.25) is 11.8 Å². The van der Waals surface area contributed by atoms with Crippen molar-refractivity contribution in [1.29, 1.82) is 0 Å². The third-order valence-electron chi connectivity index (χ3n) is 4.70. The zero-order chi connectivity index (χ0) is 18.3. The van der Waals surface area contributed by atoms with Crippen LogP contribution in [0.5, 0.6) is 0 Å². The molecule has 2 aliphatic rings. The summed E-state index contributed by atoms with van der Waals surface area (Å²) in [5.41, 5.74) is 2.91. The lowest BCUT2D eigenvalue weighted by molar-refractivity contribution is -0.136. The molecular weight excluding hydrogens is 372 g/mol. The smallest absolute Gasteiger partial charge is 0.255 e. The molecule has 3 amide bonds. The highest BCUT2D eigenvalue weighted by Gasteiger charge is 2.40. The summed E-state index contributed by atoms with van der Waals surface area (Å²) in [6, 6.07) is 4.78. The van der Waals surface area contributed by atoms with E-state index in [2.05, 4.69) is 20.9 Å². The minimum absolute atomic E-state index is 0. The minimum Gasteiger partial charge on any atom is -0.322 e. The summed E-state index contributed by atoms with van der Waals surface area (Å²) in [5, 5.41) is 13.6. The third-order valence-corrected chi connectivity index (χ3v) is 4.70. The lowest BCUT2D eigenvalue weighted by atomic mass is 10.0. The van der Waals surface area contributed by atoms with Crippen LogP contribution in [0.1, 0.15) is 34.5 Å². The third kappa shape index (κ3) is 3.31. The van der Waals surface area contributed by atoms with Gasteiger partial charge in [-0.25, -0.2) is 4.68 Å². The fourth-order valence-electron chi connectivity index (χ4n) is 3.46. The Bertz CT molecular complexity index is 912. The minimum atomic E-state index is -0.629. The lowest BCUT2D eigenvalue weighted by Crippen LogP contribution is -2.52. The van der Waals surface area contributed by atoms with E-state index < -0.39 is 11.9 Å². The van der Waals surface area contributed by atoms with Crippen molar-refractivity contribution >= 4 is 30.1 Å². The van der Waals surface area contributed by atoms with Crippen molar-refractivity contribution in [2.45, 2.75) is 32.0 Å². The van der Waals surface area contributed by atoms with Crippen molar-refractivity contribution in [3.63, 3.8) is 0 Å². The summed E-state index contributed by atoms with van der Waals surface area (Å²) in [7, 11) is 1.83. The maximum atomic E-state index is 12.8. The largest absolute Gasteiger partial charge is 0.322 e. The quantitative estimate of drug-likeness (QED) is 0.720. The first kappa shape index (κ1) is 19.0. The predicted octanol–water partition coefficient (Wildman–Crippen LogP) is 0.170. The molecule has 0 bridgehead atoms. The van der Waals surface area contributed by atoms with Gasteiger partial charge in [-0.05, 0) is 25.6 Å². The Kier molecular flexibility index (Phi) is 5.24. The molecule has 3 heterocycles. The molecule has 0 saturated carbocycles. The van der Waals surface area contributed by atoms with Crippen molar-refractivity contribution in [3.8, 4) is 5.69 Å². The van der Waals surface area contributed by atoms with E-state index in [0.29, 0.717) is 25.1 Å². The van der Waals surface area contributed by atoms with Crippen LogP contribution in [0.4, 0.5) is 0 Å². The summed E-state index contributed by atoms with van der Waals surface area (Å²) < 4.78 is 1.65. The molecule has 27 heavy (non-hydrogen) atoms. The lowest BCUT2D eigenvalue weighted by Gasteiger charge is -2.29. The molecule has 142 valence electrons. The Morgan fingerprint density at radius 2 is 2.11 bits per heavy atom. The van der Waals surface area contributed by atoms with E-state index in [1.807, 2.05) is 19.3 Å². The average Bonchev–Trinajstić information content (AvgIpc) is 3.21. The van der Waals surface area contributed by atoms with E-state index in [1.54, 1.807) is 16.8 Å². The standard InChI is InChI=1S/C17H18N6O3.ClH/c1-18-7-10-8-23(21-20-10)13-4-2-3-11-12(13)9-22(17(11)26)14-5-6-15(24)19-16(14)25;/h2-4,8,14,18H,5-7,9H2,1H3,(H,19,24,25);1H. The van der Waals surface area contributed by atoms with E-state index in [4.69, 9.17) is 0 Å². The summed E-state index contributed by atoms with van der Waals surface area (Å²) >= 11 is 0. The number of carbonyl (C=O) groups excluding carboxylic acids is 3. The second kappa shape index (κ2) is 7.45. The number of rotatable bonds is 4. The van der Waals surface area contributed by atoms with Gasteiger partial charge >= 0.3 is 0 Å². The summed E-state index contributed by atoms with van der Waals surface area (Å²) in [6.07, 6.45) is 2.39. The number of benzene rings is 1. The first-order valence-electron chi connectivity index (χ1n) is 8.41. The molecule has 1 aromatic heterocycles. The van der Waals surface area contributed by atoms with Gasteiger partial charge in [0.15, 0.2) is 0 Å². The van der Waals surface area contributed by atoms with Crippen LogP contribution in [-0.4, -0.2) is 50.7 Å². The average molecular weight is 391 g/mol. The van der Waals surface area contributed by atoms with Gasteiger partial charge in [0.1, 0.15) is 6.04 Å². The summed E-state index contributed by atoms with van der Waals surface area (Å²) in [6.45, 7) is 0.897. The van der Waals surface area contributed by atoms with Gasteiger partial charge in [0.25, 0.3) is 5.91 Å². The fraction of sp³-hybridized carbons (Fsp3) is 0.353. The number of nitrogens with zero attached hydrogens (tertiary/aromatic N) is 4. The highest BCUT2D eigenvalue weighted by molar-refractivity contribution is 6.05. The van der Waals surface area contributed by atoms with Gasteiger partial charge in [0.05, 0.1) is 17.6 Å². The maximum absolute atomic E-state index is 12.8. The molecule has 0 spiro atoms. The summed E-state index contributed by atoms with van der Waals surface area (Å²) in [4.78, 5) is 37.9. The molecule has 1 atom stereocenters. The number of piperidine rings is 1. The Morgan fingerprint density at radius 3 is 2.85 bits per heavy atom. The predicted molar refractivity (Wildman–Crippen MR) is 97.4 cm³/mol. The van der Waals surface area contributed by atoms with E-state index in [1.165, 1.54) is 4.90 Å². The Hall–Kier alpha value is -2.78. The van der Waals surface area contributed by atoms with Crippen molar-refractivity contribution in [3.05, 3.63) is 41.2 Å². The van der Waals surface area contributed by atoms with Crippen LogP contribution in [0.15, 0.2) is 24.4 Å². The highest BCUT2D eigenvalue weighted by atomic mass is 35.5. The molecule has 0 radical (unpaired) electrons. The second-order valence-corrected chi connectivity index (χ2v) is 6.39. The normalized spacial score (nSPS) is 18.9. The molecular formula is C17H19ClN6O3. The molecule has 2 N–H and O–H groups in total. The van der Waals surface area contributed by atoms with E-state index in [9.17, 15) is 14.4 Å². The Morgan fingerprint density at radius 1 is 1.30 bits per heavy atom. The topological polar surface area (TPSA) is 109 Å². The van der Waals surface area contributed by atoms with Crippen LogP contribution in [0.2, 0.25) is 0 Å². The van der Waals surface area contributed by atoms with E-state index in [-0.39, 0.29) is 30.6 Å². The van der Waals surface area contributed by atoms with Gasteiger partial charge in [-0.3, -0.25) is 19.7 Å². The number of imide groups is 1. The number of amides is 3. The van der Waals surface area contributed by atoms with E-state index in [0.717, 1.165) is 16.9 Å². The van der Waals surface area contributed by atoms with Crippen LogP contribution in [0, 0.1) is 0 Å². The van der Waals surface area contributed by atoms with Crippen molar-refractivity contribution < 1.29 is 14.4 Å². The monoisotopic (exact) mass is 390 g/mol. The van der Waals surface area contributed by atoms with Crippen LogP contribution >= 0.6 is 12.4 Å². The number of halogens is 1. The molecule has 1 aromatic carbocycles. The molecule has 2 aliphatic heterocycles. The molecule has 0 aliphatic carbocycles.